The highest BCUT2D eigenvalue weighted by Crippen LogP contribution is 2.24. The van der Waals surface area contributed by atoms with Crippen molar-refractivity contribution < 1.29 is 9.90 Å². The first-order chi connectivity index (χ1) is 7.74. The van der Waals surface area contributed by atoms with Crippen LogP contribution in [0, 0.1) is 5.92 Å². The minimum absolute atomic E-state index is 0.173. The molecule has 0 aromatic rings. The second-order valence-electron chi connectivity index (χ2n) is 6.06. The first kappa shape index (κ1) is 14.5. The Bertz CT molecular complexity index is 281. The number of hydrogen-bond acceptors (Lipinski definition) is 3. The smallest absolute Gasteiger partial charge is 0.324 e. The zero-order valence-electron chi connectivity index (χ0n) is 11.7. The molecule has 1 aliphatic rings. The third-order valence-corrected chi connectivity index (χ3v) is 3.51. The second kappa shape index (κ2) is 5.36. The minimum atomic E-state index is -0.855. The molecule has 0 saturated carbocycles. The van der Waals surface area contributed by atoms with Crippen LogP contribution in [0.25, 0.3) is 0 Å². The lowest BCUT2D eigenvalue weighted by molar-refractivity contribution is -0.145. The van der Waals surface area contributed by atoms with Gasteiger partial charge in [0.15, 0.2) is 0 Å². The molecule has 0 radical (unpaired) electrons. The maximum Gasteiger partial charge on any atom is 0.324 e. The fraction of sp³-hybridized carbons (Fsp3) is 0.923. The van der Waals surface area contributed by atoms with Crippen molar-refractivity contribution in [1.29, 1.82) is 0 Å². The van der Waals surface area contributed by atoms with E-state index in [1.54, 1.807) is 6.92 Å². The molecule has 0 aliphatic carbocycles. The molecule has 17 heavy (non-hydrogen) atoms. The molecule has 4 heteroatoms. The molecule has 1 aliphatic heterocycles. The molecule has 0 bridgehead atoms. The van der Waals surface area contributed by atoms with Crippen molar-refractivity contribution in [1.82, 2.24) is 10.2 Å². The Hall–Kier alpha value is -0.610. The van der Waals surface area contributed by atoms with Crippen molar-refractivity contribution in [2.45, 2.75) is 58.7 Å². The van der Waals surface area contributed by atoms with E-state index in [4.69, 9.17) is 0 Å². The number of hydrogen-bond donors (Lipinski definition) is 2. The van der Waals surface area contributed by atoms with E-state index in [0.717, 1.165) is 13.0 Å². The summed E-state index contributed by atoms with van der Waals surface area (Å²) in [6.07, 6.45) is 1.16. The molecule has 1 saturated heterocycles. The van der Waals surface area contributed by atoms with Crippen molar-refractivity contribution in [3.8, 4) is 0 Å². The zero-order chi connectivity index (χ0) is 13.2. The Morgan fingerprint density at radius 2 is 2.12 bits per heavy atom. The normalized spacial score (nSPS) is 29.5. The van der Waals surface area contributed by atoms with E-state index in [2.05, 4.69) is 24.1 Å². The zero-order valence-corrected chi connectivity index (χ0v) is 11.7. The average molecular weight is 242 g/mol. The van der Waals surface area contributed by atoms with E-state index >= 15 is 0 Å². The highest BCUT2D eigenvalue weighted by Gasteiger charge is 2.38. The lowest BCUT2D eigenvalue weighted by Crippen LogP contribution is -2.59. The molecule has 2 N–H and O–H groups in total. The van der Waals surface area contributed by atoms with E-state index in [-0.39, 0.29) is 6.04 Å². The predicted octanol–water partition coefficient (Wildman–Crippen LogP) is 1.56. The van der Waals surface area contributed by atoms with E-state index in [9.17, 15) is 9.90 Å². The fourth-order valence-electron chi connectivity index (χ4n) is 2.82. The van der Waals surface area contributed by atoms with Gasteiger partial charge in [-0.05, 0) is 40.0 Å². The van der Waals surface area contributed by atoms with Crippen LogP contribution in [-0.4, -0.2) is 46.7 Å². The van der Waals surface area contributed by atoms with Gasteiger partial charge in [-0.25, -0.2) is 0 Å². The number of rotatable bonds is 5. The lowest BCUT2D eigenvalue weighted by atomic mass is 10.00. The third-order valence-electron chi connectivity index (χ3n) is 3.51. The molecule has 1 fully saturated rings. The van der Waals surface area contributed by atoms with Crippen LogP contribution in [0.15, 0.2) is 0 Å². The van der Waals surface area contributed by atoms with Gasteiger partial charge in [0, 0.05) is 25.2 Å². The van der Waals surface area contributed by atoms with Crippen molar-refractivity contribution in [2.24, 2.45) is 5.92 Å². The second-order valence-corrected chi connectivity index (χ2v) is 6.06. The molecule has 1 heterocycles. The summed E-state index contributed by atoms with van der Waals surface area (Å²) < 4.78 is 0. The maximum absolute atomic E-state index is 11.4. The summed E-state index contributed by atoms with van der Waals surface area (Å²) in [6, 6.07) is 0.657. The highest BCUT2D eigenvalue weighted by molar-refractivity contribution is 5.78. The predicted molar refractivity (Wildman–Crippen MR) is 69.1 cm³/mol. The third kappa shape index (κ3) is 3.68. The lowest BCUT2D eigenvalue weighted by Gasteiger charge is -2.34. The van der Waals surface area contributed by atoms with Gasteiger partial charge in [0.2, 0.25) is 0 Å². The first-order valence-corrected chi connectivity index (χ1v) is 6.49. The number of carboxylic acid groups (broad SMARTS) is 1. The van der Waals surface area contributed by atoms with Crippen LogP contribution in [-0.2, 0) is 4.79 Å². The summed E-state index contributed by atoms with van der Waals surface area (Å²) >= 11 is 0. The maximum atomic E-state index is 11.4. The Balaban J connectivity index is 2.70. The molecule has 0 amide bonds. The van der Waals surface area contributed by atoms with Crippen LogP contribution < -0.4 is 5.32 Å². The van der Waals surface area contributed by atoms with Gasteiger partial charge in [-0.2, -0.15) is 0 Å². The van der Waals surface area contributed by atoms with Gasteiger partial charge in [-0.3, -0.25) is 15.0 Å². The first-order valence-electron chi connectivity index (χ1n) is 6.49. The number of nitrogens with zero attached hydrogens (tertiary/aromatic N) is 1. The Labute approximate surface area is 104 Å². The van der Waals surface area contributed by atoms with Crippen molar-refractivity contribution in [2.75, 3.05) is 13.1 Å². The molecule has 3 unspecified atom stereocenters. The molecule has 1 rings (SSSR count). The molecule has 100 valence electrons. The summed E-state index contributed by atoms with van der Waals surface area (Å²) in [5.74, 6) is -0.0972. The van der Waals surface area contributed by atoms with Gasteiger partial charge >= 0.3 is 5.97 Å². The monoisotopic (exact) mass is 242 g/mol. The molecular formula is C13H26N2O2. The highest BCUT2D eigenvalue weighted by atomic mass is 16.4. The van der Waals surface area contributed by atoms with Crippen LogP contribution >= 0.6 is 0 Å². The summed E-state index contributed by atoms with van der Waals surface area (Å²) in [6.45, 7) is 11.7. The van der Waals surface area contributed by atoms with Crippen molar-refractivity contribution in [3.05, 3.63) is 0 Å². The van der Waals surface area contributed by atoms with E-state index < -0.39 is 11.5 Å². The van der Waals surface area contributed by atoms with Crippen LogP contribution in [0.3, 0.4) is 0 Å². The van der Waals surface area contributed by atoms with Gasteiger partial charge in [0.1, 0.15) is 5.54 Å². The van der Waals surface area contributed by atoms with Crippen LogP contribution in [0.1, 0.15) is 41.0 Å². The van der Waals surface area contributed by atoms with Gasteiger partial charge < -0.3 is 5.11 Å². The van der Waals surface area contributed by atoms with E-state index in [1.807, 2.05) is 13.8 Å². The largest absolute Gasteiger partial charge is 0.480 e. The molecule has 0 aromatic carbocycles. The SMILES string of the molecule is CC1CC(C)N(CC(C)(NC(C)C)C(=O)O)C1. The Morgan fingerprint density at radius 3 is 2.47 bits per heavy atom. The summed E-state index contributed by atoms with van der Waals surface area (Å²) in [7, 11) is 0. The Morgan fingerprint density at radius 1 is 1.53 bits per heavy atom. The summed E-state index contributed by atoms with van der Waals surface area (Å²) in [5, 5.41) is 12.6. The van der Waals surface area contributed by atoms with Crippen LogP contribution in [0.5, 0.6) is 0 Å². The summed E-state index contributed by atoms with van der Waals surface area (Å²) in [5.41, 5.74) is -0.855. The van der Waals surface area contributed by atoms with Gasteiger partial charge in [-0.15, -0.1) is 0 Å². The van der Waals surface area contributed by atoms with E-state index in [1.165, 1.54) is 0 Å². The van der Waals surface area contributed by atoms with Gasteiger partial charge in [0.25, 0.3) is 0 Å². The van der Waals surface area contributed by atoms with Gasteiger partial charge in [-0.1, -0.05) is 6.92 Å². The molecule has 4 nitrogen and oxygen atoms in total. The number of carboxylic acids is 1. The van der Waals surface area contributed by atoms with Crippen LogP contribution in [0.4, 0.5) is 0 Å². The van der Waals surface area contributed by atoms with Crippen molar-refractivity contribution >= 4 is 5.97 Å². The quantitative estimate of drug-likeness (QED) is 0.768. The molecule has 0 aromatic heterocycles. The Kier molecular flexibility index (Phi) is 4.55. The number of carbonyl (C=O) groups is 1. The molecule has 0 spiro atoms. The molecular weight excluding hydrogens is 216 g/mol. The summed E-state index contributed by atoms with van der Waals surface area (Å²) in [4.78, 5) is 13.7. The van der Waals surface area contributed by atoms with Crippen LogP contribution in [0.2, 0.25) is 0 Å². The fourth-order valence-corrected chi connectivity index (χ4v) is 2.82. The number of likely N-dealkylation sites (tertiary alicyclic amines) is 1. The average Bonchev–Trinajstić information content (AvgIpc) is 2.43. The van der Waals surface area contributed by atoms with E-state index in [0.29, 0.717) is 18.5 Å². The topological polar surface area (TPSA) is 52.6 Å². The molecule has 3 atom stereocenters. The number of nitrogens with one attached hydrogen (secondary N) is 1. The van der Waals surface area contributed by atoms with Crippen molar-refractivity contribution in [3.63, 3.8) is 0 Å². The standard InChI is InChI=1S/C13H26N2O2/c1-9(2)14-13(5,12(16)17)8-15-7-10(3)6-11(15)4/h9-11,14H,6-8H2,1-5H3,(H,16,17). The number of aliphatic carboxylic acids is 1. The minimum Gasteiger partial charge on any atom is -0.480 e. The van der Waals surface area contributed by atoms with Gasteiger partial charge in [0.05, 0.1) is 0 Å².